The number of fused-ring (bicyclic) bond motifs is 1. The number of nitrogens with one attached hydrogen (secondary N) is 1. The Morgan fingerprint density at radius 1 is 1.44 bits per heavy atom. The van der Waals surface area contributed by atoms with Crippen molar-refractivity contribution in [2.75, 3.05) is 7.05 Å². The van der Waals surface area contributed by atoms with Crippen molar-refractivity contribution in [3.8, 4) is 5.75 Å². The molecule has 1 saturated carbocycles. The van der Waals surface area contributed by atoms with Gasteiger partial charge in [0, 0.05) is 22.5 Å². The summed E-state index contributed by atoms with van der Waals surface area (Å²) in [5.41, 5.74) is 1.27. The molecule has 98 valence electrons. The normalized spacial score (nSPS) is 30.7. The molecule has 18 heavy (non-hydrogen) atoms. The SMILES string of the molecule is CNC1CC(C)(CC2CC2)Oc2cc(Br)ccc21. The minimum atomic E-state index is -0.0113. The van der Waals surface area contributed by atoms with Crippen LogP contribution in [0.3, 0.4) is 0 Å². The van der Waals surface area contributed by atoms with E-state index < -0.39 is 0 Å². The van der Waals surface area contributed by atoms with Gasteiger partial charge >= 0.3 is 0 Å². The van der Waals surface area contributed by atoms with Crippen LogP contribution >= 0.6 is 15.9 Å². The van der Waals surface area contributed by atoms with E-state index in [1.165, 1.54) is 24.8 Å². The maximum Gasteiger partial charge on any atom is 0.126 e. The Morgan fingerprint density at radius 2 is 2.22 bits per heavy atom. The summed E-state index contributed by atoms with van der Waals surface area (Å²) in [5, 5.41) is 3.43. The molecule has 0 bridgehead atoms. The Bertz CT molecular complexity index is 458. The second-order valence-corrected chi connectivity index (χ2v) is 6.84. The summed E-state index contributed by atoms with van der Waals surface area (Å²) in [4.78, 5) is 0. The number of rotatable bonds is 3. The zero-order valence-corrected chi connectivity index (χ0v) is 12.6. The molecule has 0 radical (unpaired) electrons. The molecule has 2 unspecified atom stereocenters. The molecule has 2 atom stereocenters. The highest BCUT2D eigenvalue weighted by molar-refractivity contribution is 9.10. The lowest BCUT2D eigenvalue weighted by Crippen LogP contribution is -2.41. The lowest BCUT2D eigenvalue weighted by molar-refractivity contribution is 0.0356. The van der Waals surface area contributed by atoms with Gasteiger partial charge in [-0.05, 0) is 38.4 Å². The Kier molecular flexibility index (Phi) is 3.15. The van der Waals surface area contributed by atoms with Gasteiger partial charge < -0.3 is 10.1 Å². The maximum absolute atomic E-state index is 6.31. The summed E-state index contributed by atoms with van der Waals surface area (Å²) in [6, 6.07) is 6.77. The van der Waals surface area contributed by atoms with E-state index >= 15 is 0 Å². The van der Waals surface area contributed by atoms with Crippen LogP contribution in [0.5, 0.6) is 5.75 Å². The van der Waals surface area contributed by atoms with Crippen molar-refractivity contribution in [2.24, 2.45) is 5.92 Å². The quantitative estimate of drug-likeness (QED) is 0.909. The Balaban J connectivity index is 1.91. The first-order valence-electron chi connectivity index (χ1n) is 6.75. The highest BCUT2D eigenvalue weighted by atomic mass is 79.9. The van der Waals surface area contributed by atoms with Gasteiger partial charge in [0.1, 0.15) is 11.4 Å². The zero-order chi connectivity index (χ0) is 12.8. The van der Waals surface area contributed by atoms with Crippen LogP contribution in [-0.4, -0.2) is 12.6 Å². The molecular weight excluding hydrogens is 290 g/mol. The third kappa shape index (κ3) is 2.43. The molecule has 1 aliphatic carbocycles. The van der Waals surface area contributed by atoms with Gasteiger partial charge in [-0.25, -0.2) is 0 Å². The minimum absolute atomic E-state index is 0.0113. The van der Waals surface area contributed by atoms with E-state index in [0.717, 1.165) is 22.6 Å². The van der Waals surface area contributed by atoms with Crippen molar-refractivity contribution in [2.45, 2.75) is 44.2 Å². The van der Waals surface area contributed by atoms with Crippen molar-refractivity contribution >= 4 is 15.9 Å². The molecule has 1 fully saturated rings. The van der Waals surface area contributed by atoms with Crippen molar-refractivity contribution in [1.82, 2.24) is 5.32 Å². The largest absolute Gasteiger partial charge is 0.487 e. The first-order valence-corrected chi connectivity index (χ1v) is 7.55. The predicted molar refractivity (Wildman–Crippen MR) is 76.9 cm³/mol. The van der Waals surface area contributed by atoms with E-state index in [2.05, 4.69) is 46.4 Å². The first kappa shape index (κ1) is 12.5. The Labute approximate surface area is 117 Å². The Morgan fingerprint density at radius 3 is 2.89 bits per heavy atom. The van der Waals surface area contributed by atoms with Crippen molar-refractivity contribution < 1.29 is 4.74 Å². The highest BCUT2D eigenvalue weighted by Crippen LogP contribution is 2.46. The number of hydrogen-bond donors (Lipinski definition) is 1. The van der Waals surface area contributed by atoms with Gasteiger partial charge in [0.15, 0.2) is 0 Å². The van der Waals surface area contributed by atoms with Gasteiger partial charge in [0.05, 0.1) is 0 Å². The van der Waals surface area contributed by atoms with Gasteiger partial charge in [-0.15, -0.1) is 0 Å². The summed E-state index contributed by atoms with van der Waals surface area (Å²) in [6.07, 6.45) is 5.02. The standard InChI is InChI=1S/C15H20BrNO/c1-15(8-10-3-4-10)9-13(17-2)12-6-5-11(16)7-14(12)18-15/h5-7,10,13,17H,3-4,8-9H2,1-2H3. The first-order chi connectivity index (χ1) is 8.59. The highest BCUT2D eigenvalue weighted by Gasteiger charge is 2.40. The molecule has 1 aromatic carbocycles. The number of benzene rings is 1. The van der Waals surface area contributed by atoms with E-state index in [-0.39, 0.29) is 5.60 Å². The molecule has 3 heteroatoms. The second-order valence-electron chi connectivity index (χ2n) is 5.93. The van der Waals surface area contributed by atoms with Crippen LogP contribution in [0.25, 0.3) is 0 Å². The van der Waals surface area contributed by atoms with Gasteiger partial charge in [-0.3, -0.25) is 0 Å². The summed E-state index contributed by atoms with van der Waals surface area (Å²) in [5.74, 6) is 1.93. The fraction of sp³-hybridized carbons (Fsp3) is 0.600. The maximum atomic E-state index is 6.31. The van der Waals surface area contributed by atoms with Gasteiger partial charge in [-0.1, -0.05) is 34.8 Å². The fourth-order valence-corrected chi connectivity index (χ4v) is 3.39. The molecule has 0 saturated heterocycles. The summed E-state index contributed by atoms with van der Waals surface area (Å²) >= 11 is 3.53. The van der Waals surface area contributed by atoms with Crippen LogP contribution in [0.1, 0.15) is 44.2 Å². The fourth-order valence-electron chi connectivity index (χ4n) is 3.05. The monoisotopic (exact) mass is 309 g/mol. The lowest BCUT2D eigenvalue weighted by atomic mass is 9.85. The van der Waals surface area contributed by atoms with E-state index in [9.17, 15) is 0 Å². The van der Waals surface area contributed by atoms with Crippen LogP contribution in [0.15, 0.2) is 22.7 Å². The van der Waals surface area contributed by atoms with E-state index in [4.69, 9.17) is 4.74 Å². The molecule has 1 aliphatic heterocycles. The molecule has 1 N–H and O–H groups in total. The second kappa shape index (κ2) is 4.53. The molecule has 1 heterocycles. The van der Waals surface area contributed by atoms with Crippen LogP contribution in [0, 0.1) is 5.92 Å². The predicted octanol–water partition coefficient (Wildman–Crippen LogP) is 4.05. The van der Waals surface area contributed by atoms with Crippen LogP contribution in [-0.2, 0) is 0 Å². The van der Waals surface area contributed by atoms with Gasteiger partial charge in [0.2, 0.25) is 0 Å². The van der Waals surface area contributed by atoms with Crippen molar-refractivity contribution in [3.63, 3.8) is 0 Å². The number of hydrogen-bond acceptors (Lipinski definition) is 2. The molecule has 2 nitrogen and oxygen atoms in total. The van der Waals surface area contributed by atoms with E-state index in [1.54, 1.807) is 0 Å². The van der Waals surface area contributed by atoms with Crippen LogP contribution < -0.4 is 10.1 Å². The van der Waals surface area contributed by atoms with E-state index in [1.807, 2.05) is 7.05 Å². The van der Waals surface area contributed by atoms with Crippen molar-refractivity contribution in [1.29, 1.82) is 0 Å². The topological polar surface area (TPSA) is 21.3 Å². The van der Waals surface area contributed by atoms with Crippen LogP contribution in [0.4, 0.5) is 0 Å². The smallest absolute Gasteiger partial charge is 0.126 e. The number of ether oxygens (including phenoxy) is 1. The minimum Gasteiger partial charge on any atom is -0.487 e. The number of halogens is 1. The van der Waals surface area contributed by atoms with Gasteiger partial charge in [-0.2, -0.15) is 0 Å². The lowest BCUT2D eigenvalue weighted by Gasteiger charge is -2.40. The van der Waals surface area contributed by atoms with Crippen LogP contribution in [0.2, 0.25) is 0 Å². The molecule has 0 amide bonds. The zero-order valence-electron chi connectivity index (χ0n) is 11.0. The summed E-state index contributed by atoms with van der Waals surface area (Å²) in [7, 11) is 2.04. The molecule has 2 aliphatic rings. The molecule has 1 aromatic rings. The van der Waals surface area contributed by atoms with E-state index in [0.29, 0.717) is 6.04 Å². The average Bonchev–Trinajstić information content (AvgIpc) is 3.10. The summed E-state index contributed by atoms with van der Waals surface area (Å²) < 4.78 is 7.40. The summed E-state index contributed by atoms with van der Waals surface area (Å²) in [6.45, 7) is 2.26. The molecule has 0 spiro atoms. The van der Waals surface area contributed by atoms with Crippen molar-refractivity contribution in [3.05, 3.63) is 28.2 Å². The molecular formula is C15H20BrNO. The Hall–Kier alpha value is -0.540. The third-order valence-electron chi connectivity index (χ3n) is 4.11. The van der Waals surface area contributed by atoms with Gasteiger partial charge in [0.25, 0.3) is 0 Å². The average molecular weight is 310 g/mol. The third-order valence-corrected chi connectivity index (χ3v) is 4.60. The molecule has 3 rings (SSSR count). The molecule has 0 aromatic heterocycles.